The van der Waals surface area contributed by atoms with E-state index >= 15 is 0 Å². The van der Waals surface area contributed by atoms with Crippen molar-refractivity contribution in [3.8, 4) is 5.75 Å². The zero-order valence-corrected chi connectivity index (χ0v) is 10.4. The first-order chi connectivity index (χ1) is 8.13. The molecule has 0 saturated carbocycles. The summed E-state index contributed by atoms with van der Waals surface area (Å²) in [6, 6.07) is 7.76. The van der Waals surface area contributed by atoms with Crippen molar-refractivity contribution in [3.05, 3.63) is 29.8 Å². The van der Waals surface area contributed by atoms with E-state index < -0.39 is 0 Å². The summed E-state index contributed by atoms with van der Waals surface area (Å²) < 4.78 is 5.51. The predicted molar refractivity (Wildman–Crippen MR) is 67.8 cm³/mol. The third-order valence-electron chi connectivity index (χ3n) is 2.50. The molecule has 0 aromatic heterocycles. The van der Waals surface area contributed by atoms with Gasteiger partial charge in [-0.25, -0.2) is 0 Å². The van der Waals surface area contributed by atoms with Crippen molar-refractivity contribution in [2.24, 2.45) is 5.73 Å². The third-order valence-corrected chi connectivity index (χ3v) is 2.50. The minimum absolute atomic E-state index is 0.0392. The first-order valence-electron chi connectivity index (χ1n) is 5.82. The monoisotopic (exact) mass is 236 g/mol. The molecule has 0 aliphatic carbocycles. The van der Waals surface area contributed by atoms with Gasteiger partial charge in [0.1, 0.15) is 5.75 Å². The molecule has 1 aromatic rings. The number of hydrogen-bond acceptors (Lipinski definition) is 3. The number of hydrogen-bond donors (Lipinski definition) is 2. The van der Waals surface area contributed by atoms with Crippen LogP contribution in [0.3, 0.4) is 0 Å². The Labute approximate surface area is 102 Å². The number of carbonyl (C=O) groups excluding carboxylic acids is 1. The fourth-order valence-corrected chi connectivity index (χ4v) is 1.42. The molecule has 3 N–H and O–H groups in total. The number of benzene rings is 1. The van der Waals surface area contributed by atoms with Gasteiger partial charge in [-0.1, -0.05) is 12.1 Å². The first-order valence-corrected chi connectivity index (χ1v) is 5.82. The van der Waals surface area contributed by atoms with Crippen molar-refractivity contribution in [2.45, 2.75) is 25.8 Å². The highest BCUT2D eigenvalue weighted by atomic mass is 16.5. The maximum absolute atomic E-state index is 11.0. The maximum atomic E-state index is 11.0. The van der Waals surface area contributed by atoms with Crippen LogP contribution in [-0.2, 0) is 4.79 Å². The lowest BCUT2D eigenvalue weighted by molar-refractivity contribution is -0.120. The fourth-order valence-electron chi connectivity index (χ4n) is 1.42. The van der Waals surface area contributed by atoms with Gasteiger partial charge in [-0.2, -0.15) is 0 Å². The van der Waals surface area contributed by atoms with E-state index in [2.05, 4.69) is 5.32 Å². The lowest BCUT2D eigenvalue weighted by atomic mass is 10.1. The van der Waals surface area contributed by atoms with Gasteiger partial charge < -0.3 is 15.8 Å². The summed E-state index contributed by atoms with van der Waals surface area (Å²) in [5.41, 5.74) is 6.83. The molecule has 1 rings (SSSR count). The van der Waals surface area contributed by atoms with E-state index in [1.807, 2.05) is 31.2 Å². The zero-order valence-electron chi connectivity index (χ0n) is 10.4. The Hall–Kier alpha value is -1.55. The van der Waals surface area contributed by atoms with E-state index in [1.54, 1.807) is 7.05 Å². The smallest absolute Gasteiger partial charge is 0.219 e. The van der Waals surface area contributed by atoms with Crippen LogP contribution in [0, 0.1) is 0 Å². The molecule has 0 heterocycles. The highest BCUT2D eigenvalue weighted by molar-refractivity contribution is 5.75. The molecule has 0 aliphatic rings. The molecule has 94 valence electrons. The standard InChI is InChI=1S/C13H20N2O2/c1-10(14)11-5-7-12(8-6-11)17-9-3-4-13(16)15-2/h5-8,10H,3-4,9,14H2,1-2H3,(H,15,16)/t10-/m0/s1. The predicted octanol–water partition coefficient (Wildman–Crippen LogP) is 1.61. The van der Waals surface area contributed by atoms with Crippen LogP contribution >= 0.6 is 0 Å². The van der Waals surface area contributed by atoms with E-state index in [1.165, 1.54) is 0 Å². The van der Waals surface area contributed by atoms with Crippen LogP contribution in [0.5, 0.6) is 5.75 Å². The van der Waals surface area contributed by atoms with Crippen LogP contribution in [0.15, 0.2) is 24.3 Å². The molecular weight excluding hydrogens is 216 g/mol. The Kier molecular flexibility index (Phi) is 5.49. The van der Waals surface area contributed by atoms with Crippen LogP contribution in [0.2, 0.25) is 0 Å². The molecule has 0 radical (unpaired) electrons. The first kappa shape index (κ1) is 13.5. The van der Waals surface area contributed by atoms with Gasteiger partial charge in [-0.05, 0) is 31.0 Å². The Morgan fingerprint density at radius 3 is 2.59 bits per heavy atom. The number of nitrogens with one attached hydrogen (secondary N) is 1. The van der Waals surface area contributed by atoms with Crippen molar-refractivity contribution in [1.29, 1.82) is 0 Å². The zero-order chi connectivity index (χ0) is 12.7. The van der Waals surface area contributed by atoms with Gasteiger partial charge in [0, 0.05) is 19.5 Å². The van der Waals surface area contributed by atoms with E-state index in [-0.39, 0.29) is 11.9 Å². The quantitative estimate of drug-likeness (QED) is 0.737. The summed E-state index contributed by atoms with van der Waals surface area (Å²) in [4.78, 5) is 11.0. The highest BCUT2D eigenvalue weighted by Gasteiger charge is 2.00. The average Bonchev–Trinajstić information content (AvgIpc) is 2.34. The summed E-state index contributed by atoms with van der Waals surface area (Å²) >= 11 is 0. The second kappa shape index (κ2) is 6.91. The second-order valence-electron chi connectivity index (χ2n) is 3.98. The summed E-state index contributed by atoms with van der Waals surface area (Å²) in [7, 11) is 1.63. The summed E-state index contributed by atoms with van der Waals surface area (Å²) in [5.74, 6) is 0.854. The maximum Gasteiger partial charge on any atom is 0.219 e. The minimum Gasteiger partial charge on any atom is -0.494 e. The molecule has 0 saturated heterocycles. The fraction of sp³-hybridized carbons (Fsp3) is 0.462. The van der Waals surface area contributed by atoms with Gasteiger partial charge in [0.25, 0.3) is 0 Å². The molecule has 1 atom stereocenters. The van der Waals surface area contributed by atoms with Gasteiger partial charge in [-0.3, -0.25) is 4.79 Å². The highest BCUT2D eigenvalue weighted by Crippen LogP contribution is 2.16. The van der Waals surface area contributed by atoms with Gasteiger partial charge in [0.2, 0.25) is 5.91 Å². The van der Waals surface area contributed by atoms with Gasteiger partial charge >= 0.3 is 0 Å². The minimum atomic E-state index is 0.0392. The number of nitrogens with two attached hydrogens (primary N) is 1. The van der Waals surface area contributed by atoms with Gasteiger partial charge in [0.15, 0.2) is 0 Å². The van der Waals surface area contributed by atoms with Crippen molar-refractivity contribution < 1.29 is 9.53 Å². The van der Waals surface area contributed by atoms with Crippen LogP contribution < -0.4 is 15.8 Å². The number of ether oxygens (including phenoxy) is 1. The Balaban J connectivity index is 2.30. The van der Waals surface area contributed by atoms with Crippen LogP contribution in [0.25, 0.3) is 0 Å². The van der Waals surface area contributed by atoms with Crippen molar-refractivity contribution in [2.75, 3.05) is 13.7 Å². The Bertz CT molecular complexity index is 347. The van der Waals surface area contributed by atoms with Crippen molar-refractivity contribution >= 4 is 5.91 Å². The van der Waals surface area contributed by atoms with Crippen LogP contribution in [-0.4, -0.2) is 19.6 Å². The van der Waals surface area contributed by atoms with Crippen molar-refractivity contribution in [3.63, 3.8) is 0 Å². The molecule has 0 spiro atoms. The largest absolute Gasteiger partial charge is 0.494 e. The van der Waals surface area contributed by atoms with E-state index in [0.29, 0.717) is 19.4 Å². The van der Waals surface area contributed by atoms with Crippen LogP contribution in [0.1, 0.15) is 31.4 Å². The van der Waals surface area contributed by atoms with Gasteiger partial charge in [0.05, 0.1) is 6.61 Å². The summed E-state index contributed by atoms with van der Waals surface area (Å²) in [5, 5.41) is 2.58. The lowest BCUT2D eigenvalue weighted by Crippen LogP contribution is -2.18. The number of rotatable bonds is 6. The molecular formula is C13H20N2O2. The number of carbonyl (C=O) groups is 1. The molecule has 0 aliphatic heterocycles. The summed E-state index contributed by atoms with van der Waals surface area (Å²) in [6.45, 7) is 2.49. The van der Waals surface area contributed by atoms with Crippen molar-refractivity contribution in [1.82, 2.24) is 5.32 Å². The normalized spacial score (nSPS) is 11.9. The molecule has 4 nitrogen and oxygen atoms in total. The Morgan fingerprint density at radius 1 is 1.41 bits per heavy atom. The Morgan fingerprint density at radius 2 is 2.06 bits per heavy atom. The summed E-state index contributed by atoms with van der Waals surface area (Å²) in [6.07, 6.45) is 1.21. The molecule has 4 heteroatoms. The average molecular weight is 236 g/mol. The van der Waals surface area contributed by atoms with E-state index in [9.17, 15) is 4.79 Å². The molecule has 0 fully saturated rings. The van der Waals surface area contributed by atoms with Crippen LogP contribution in [0.4, 0.5) is 0 Å². The lowest BCUT2D eigenvalue weighted by Gasteiger charge is -2.08. The molecule has 0 unspecified atom stereocenters. The topological polar surface area (TPSA) is 64.3 Å². The molecule has 0 bridgehead atoms. The van der Waals surface area contributed by atoms with E-state index in [4.69, 9.17) is 10.5 Å². The molecule has 1 aromatic carbocycles. The molecule has 17 heavy (non-hydrogen) atoms. The number of amides is 1. The van der Waals surface area contributed by atoms with Gasteiger partial charge in [-0.15, -0.1) is 0 Å². The third kappa shape index (κ3) is 4.87. The second-order valence-corrected chi connectivity index (χ2v) is 3.98. The van der Waals surface area contributed by atoms with E-state index in [0.717, 1.165) is 11.3 Å². The SMILES string of the molecule is CNC(=O)CCCOc1ccc([C@H](C)N)cc1. The molecule has 1 amide bonds.